The fraction of sp³-hybridized carbons (Fsp3) is 0.120. The zero-order valence-electron chi connectivity index (χ0n) is 18.8. The number of aromatic hydroxyl groups is 1. The molecule has 10 heteroatoms. The number of nitrogens with one attached hydrogen (secondary N) is 2. The minimum absolute atomic E-state index is 0.152. The van der Waals surface area contributed by atoms with Crippen molar-refractivity contribution in [1.29, 1.82) is 0 Å². The number of rotatable bonds is 4. The number of pyridine rings is 1. The van der Waals surface area contributed by atoms with Gasteiger partial charge in [0.1, 0.15) is 17.1 Å². The summed E-state index contributed by atoms with van der Waals surface area (Å²) in [6.45, 7) is 1.74. The Balaban J connectivity index is 1.53. The number of H-pyrrole nitrogens is 2. The Hall–Kier alpha value is -4.57. The summed E-state index contributed by atoms with van der Waals surface area (Å²) in [6, 6.07) is 11.4. The van der Waals surface area contributed by atoms with Crippen molar-refractivity contribution in [1.82, 2.24) is 34.9 Å². The Bertz CT molecular complexity index is 1730. The van der Waals surface area contributed by atoms with E-state index in [1.165, 1.54) is 12.1 Å². The van der Waals surface area contributed by atoms with E-state index >= 15 is 0 Å². The first-order valence-electron chi connectivity index (χ1n) is 10.9. The summed E-state index contributed by atoms with van der Waals surface area (Å²) in [5.41, 5.74) is 7.37. The molecule has 9 nitrogen and oxygen atoms in total. The van der Waals surface area contributed by atoms with Crippen LogP contribution in [0.2, 0.25) is 0 Å². The van der Waals surface area contributed by atoms with Gasteiger partial charge in [0.05, 0.1) is 34.5 Å². The molecule has 174 valence electrons. The van der Waals surface area contributed by atoms with Crippen molar-refractivity contribution in [2.75, 3.05) is 0 Å². The van der Waals surface area contributed by atoms with Crippen LogP contribution in [0.25, 0.3) is 56.0 Å². The van der Waals surface area contributed by atoms with Gasteiger partial charge in [-0.2, -0.15) is 10.2 Å². The number of hydrogen-bond acceptors (Lipinski definition) is 6. The summed E-state index contributed by atoms with van der Waals surface area (Å²) >= 11 is 0. The van der Waals surface area contributed by atoms with Gasteiger partial charge in [0.2, 0.25) is 0 Å². The van der Waals surface area contributed by atoms with E-state index in [1.54, 1.807) is 11.7 Å². The summed E-state index contributed by atoms with van der Waals surface area (Å²) in [5.74, 6) is -0.178. The standard InChI is InChI=1S/C25H20FN7O2/c1-12-3-4-16(13-7-14(26)9-15(35)8-13)22-21(12)28-25(29-22)24-23-19(30-31-24)6-5-18(27-23)17-10-33(2)32-20(17)11-34/h3-10,34-35H,11H2,1-2H3,(H,28,29)(H,30,31). The molecule has 4 N–H and O–H groups in total. The van der Waals surface area contributed by atoms with Gasteiger partial charge >= 0.3 is 0 Å². The maximum absolute atomic E-state index is 14.0. The molecule has 0 aliphatic rings. The number of halogens is 1. The molecule has 0 saturated heterocycles. The predicted molar refractivity (Wildman–Crippen MR) is 129 cm³/mol. The number of aliphatic hydroxyl groups excluding tert-OH is 1. The molecule has 0 radical (unpaired) electrons. The molecule has 0 amide bonds. The fourth-order valence-corrected chi connectivity index (χ4v) is 4.39. The van der Waals surface area contributed by atoms with Crippen LogP contribution in [-0.4, -0.2) is 45.1 Å². The van der Waals surface area contributed by atoms with Crippen molar-refractivity contribution >= 4 is 22.1 Å². The highest BCUT2D eigenvalue weighted by atomic mass is 19.1. The van der Waals surface area contributed by atoms with Crippen LogP contribution >= 0.6 is 0 Å². The molecule has 0 saturated carbocycles. The molecule has 6 aromatic rings. The number of phenolic OH excluding ortho intramolecular Hbond substituents is 1. The zero-order valence-corrected chi connectivity index (χ0v) is 18.8. The lowest BCUT2D eigenvalue weighted by atomic mass is 10.0. The second kappa shape index (κ2) is 7.74. The number of aromatic amines is 2. The Kier molecular flexibility index (Phi) is 4.64. The van der Waals surface area contributed by atoms with E-state index in [4.69, 9.17) is 9.97 Å². The van der Waals surface area contributed by atoms with Gasteiger partial charge in [0.25, 0.3) is 0 Å². The van der Waals surface area contributed by atoms with Gasteiger partial charge in [-0.25, -0.2) is 14.4 Å². The van der Waals surface area contributed by atoms with Crippen LogP contribution in [-0.2, 0) is 13.7 Å². The molecule has 0 fully saturated rings. The average molecular weight is 469 g/mol. The van der Waals surface area contributed by atoms with E-state index in [2.05, 4.69) is 20.3 Å². The van der Waals surface area contributed by atoms with E-state index in [1.807, 2.05) is 37.4 Å². The van der Waals surface area contributed by atoms with Crippen LogP contribution in [0, 0.1) is 12.7 Å². The Morgan fingerprint density at radius 3 is 2.69 bits per heavy atom. The normalized spacial score (nSPS) is 11.7. The molecule has 35 heavy (non-hydrogen) atoms. The zero-order chi connectivity index (χ0) is 24.3. The van der Waals surface area contributed by atoms with Crippen LogP contribution in [0.3, 0.4) is 0 Å². The van der Waals surface area contributed by atoms with Gasteiger partial charge in [0, 0.05) is 30.4 Å². The Morgan fingerprint density at radius 2 is 1.89 bits per heavy atom. The quantitative estimate of drug-likeness (QED) is 0.306. The van der Waals surface area contributed by atoms with Crippen molar-refractivity contribution in [3.05, 3.63) is 65.7 Å². The smallest absolute Gasteiger partial charge is 0.161 e. The number of imidazole rings is 1. The molecular weight excluding hydrogens is 449 g/mol. The minimum Gasteiger partial charge on any atom is -0.508 e. The summed E-state index contributed by atoms with van der Waals surface area (Å²) in [6.07, 6.45) is 1.81. The lowest BCUT2D eigenvalue weighted by Crippen LogP contribution is -1.92. The molecule has 0 spiro atoms. The number of aryl methyl sites for hydroxylation is 2. The van der Waals surface area contributed by atoms with Gasteiger partial charge in [-0.1, -0.05) is 12.1 Å². The van der Waals surface area contributed by atoms with Crippen LogP contribution < -0.4 is 0 Å². The topological polar surface area (TPSA) is 129 Å². The third-order valence-electron chi connectivity index (χ3n) is 6.00. The first kappa shape index (κ1) is 21.0. The second-order valence-corrected chi connectivity index (χ2v) is 8.42. The monoisotopic (exact) mass is 469 g/mol. The van der Waals surface area contributed by atoms with Gasteiger partial charge in [0.15, 0.2) is 11.5 Å². The summed E-state index contributed by atoms with van der Waals surface area (Å²) in [7, 11) is 1.79. The summed E-state index contributed by atoms with van der Waals surface area (Å²) in [4.78, 5) is 12.9. The number of benzene rings is 2. The highest BCUT2D eigenvalue weighted by Crippen LogP contribution is 2.35. The average Bonchev–Trinajstić information content (AvgIpc) is 3.54. The van der Waals surface area contributed by atoms with Gasteiger partial charge in [-0.3, -0.25) is 9.78 Å². The molecule has 0 bridgehead atoms. The van der Waals surface area contributed by atoms with Crippen molar-refractivity contribution in [2.45, 2.75) is 13.5 Å². The molecule has 0 unspecified atom stereocenters. The van der Waals surface area contributed by atoms with Gasteiger partial charge in [-0.15, -0.1) is 0 Å². The largest absolute Gasteiger partial charge is 0.508 e. The van der Waals surface area contributed by atoms with Gasteiger partial charge in [-0.05, 0) is 42.3 Å². The third-order valence-corrected chi connectivity index (χ3v) is 6.00. The molecule has 0 atom stereocenters. The van der Waals surface area contributed by atoms with E-state index in [-0.39, 0.29) is 12.4 Å². The van der Waals surface area contributed by atoms with Crippen LogP contribution in [0.4, 0.5) is 4.39 Å². The van der Waals surface area contributed by atoms with Crippen molar-refractivity contribution in [3.8, 4) is 39.7 Å². The fourth-order valence-electron chi connectivity index (χ4n) is 4.39. The molecular formula is C25H20FN7O2. The second-order valence-electron chi connectivity index (χ2n) is 8.42. The molecule has 4 aromatic heterocycles. The summed E-state index contributed by atoms with van der Waals surface area (Å²) in [5, 5.41) is 31.3. The highest BCUT2D eigenvalue weighted by Gasteiger charge is 2.19. The number of fused-ring (bicyclic) bond motifs is 2. The number of aromatic nitrogens is 7. The van der Waals surface area contributed by atoms with Crippen LogP contribution in [0.5, 0.6) is 5.75 Å². The maximum atomic E-state index is 14.0. The van der Waals surface area contributed by atoms with Crippen LogP contribution in [0.1, 0.15) is 11.3 Å². The van der Waals surface area contributed by atoms with E-state index in [0.717, 1.165) is 22.7 Å². The SMILES string of the molecule is Cc1ccc(-c2cc(O)cc(F)c2)c2[nH]c(-c3n[nH]c4ccc(-c5cn(C)nc5CO)nc34)nc12. The number of nitrogens with zero attached hydrogens (tertiary/aromatic N) is 5. The molecule has 4 heterocycles. The van der Waals surface area contributed by atoms with Crippen molar-refractivity contribution in [2.24, 2.45) is 7.05 Å². The number of aliphatic hydroxyl groups is 1. The Labute approximate surface area is 197 Å². The number of hydrogen-bond donors (Lipinski definition) is 4. The Morgan fingerprint density at radius 1 is 1.03 bits per heavy atom. The minimum atomic E-state index is -0.527. The van der Waals surface area contributed by atoms with Crippen molar-refractivity contribution < 1.29 is 14.6 Å². The third kappa shape index (κ3) is 3.42. The first-order chi connectivity index (χ1) is 16.9. The first-order valence-corrected chi connectivity index (χ1v) is 10.9. The maximum Gasteiger partial charge on any atom is 0.161 e. The molecule has 0 aliphatic carbocycles. The van der Waals surface area contributed by atoms with E-state index < -0.39 is 5.82 Å². The van der Waals surface area contributed by atoms with E-state index in [0.29, 0.717) is 50.6 Å². The highest BCUT2D eigenvalue weighted by molar-refractivity contribution is 5.97. The number of phenols is 1. The van der Waals surface area contributed by atoms with Crippen LogP contribution in [0.15, 0.2) is 48.7 Å². The molecule has 0 aliphatic heterocycles. The molecule has 2 aromatic carbocycles. The lowest BCUT2D eigenvalue weighted by Gasteiger charge is -2.06. The van der Waals surface area contributed by atoms with E-state index in [9.17, 15) is 14.6 Å². The van der Waals surface area contributed by atoms with Crippen molar-refractivity contribution in [3.63, 3.8) is 0 Å². The summed E-state index contributed by atoms with van der Waals surface area (Å²) < 4.78 is 15.6. The molecule has 6 rings (SSSR count). The van der Waals surface area contributed by atoms with Gasteiger partial charge < -0.3 is 15.2 Å². The lowest BCUT2D eigenvalue weighted by molar-refractivity contribution is 0.276. The predicted octanol–water partition coefficient (Wildman–Crippen LogP) is 4.21.